The minimum Gasteiger partial charge on any atom is -0.743 e. The van der Waals surface area contributed by atoms with Crippen LogP contribution in [0, 0.1) is 23.2 Å². The summed E-state index contributed by atoms with van der Waals surface area (Å²) in [6.07, 6.45) is -8.74. The molecule has 256 valence electrons. The van der Waals surface area contributed by atoms with Gasteiger partial charge in [-0.1, -0.05) is 18.2 Å². The van der Waals surface area contributed by atoms with E-state index in [4.69, 9.17) is 4.74 Å². The molecule has 1 heterocycles. The SMILES string of the molecule is FC(F)(F)COc1ccc([S+]2CCCC2)c2ccccc12.O=C(OC(C(F)(F)F)C(F)(F)S(=O)(=O)[O-])C12CC3CC(CC(C3)C1)C2. The van der Waals surface area contributed by atoms with Gasteiger partial charge in [0.2, 0.25) is 0 Å². The van der Waals surface area contributed by atoms with Crippen molar-refractivity contribution in [2.24, 2.45) is 23.2 Å². The Kier molecular flexibility index (Phi) is 9.59. The Morgan fingerprint density at radius 2 is 1.39 bits per heavy atom. The van der Waals surface area contributed by atoms with Gasteiger partial charge < -0.3 is 14.0 Å². The predicted molar refractivity (Wildman–Crippen MR) is 151 cm³/mol. The van der Waals surface area contributed by atoms with Gasteiger partial charge in [-0.25, -0.2) is 8.42 Å². The molecule has 5 fully saturated rings. The van der Waals surface area contributed by atoms with Gasteiger partial charge in [0.25, 0.3) is 6.10 Å². The van der Waals surface area contributed by atoms with Crippen molar-refractivity contribution in [3.63, 3.8) is 0 Å². The van der Waals surface area contributed by atoms with Crippen molar-refractivity contribution < 1.29 is 62.4 Å². The van der Waals surface area contributed by atoms with Crippen molar-refractivity contribution in [1.29, 1.82) is 0 Å². The van der Waals surface area contributed by atoms with E-state index in [2.05, 4.69) is 4.74 Å². The topological polar surface area (TPSA) is 92.7 Å². The zero-order valence-electron chi connectivity index (χ0n) is 24.3. The van der Waals surface area contributed by atoms with E-state index in [-0.39, 0.29) is 47.9 Å². The van der Waals surface area contributed by atoms with Gasteiger partial charge in [0, 0.05) is 21.7 Å². The maximum absolute atomic E-state index is 13.5. The lowest BCUT2D eigenvalue weighted by Crippen LogP contribution is -2.56. The zero-order valence-corrected chi connectivity index (χ0v) is 26.0. The number of carbonyl (C=O) groups is 1. The Morgan fingerprint density at radius 1 is 0.870 bits per heavy atom. The van der Waals surface area contributed by atoms with E-state index >= 15 is 0 Å². The number of alkyl halides is 8. The van der Waals surface area contributed by atoms with Gasteiger partial charge in [0.1, 0.15) is 17.3 Å². The number of carbonyl (C=O) groups excluding carboxylic acids is 1. The van der Waals surface area contributed by atoms with Crippen molar-refractivity contribution in [3.8, 4) is 5.75 Å². The van der Waals surface area contributed by atoms with Crippen LogP contribution in [-0.2, 0) is 30.5 Å². The summed E-state index contributed by atoms with van der Waals surface area (Å²) in [6, 6.07) is 11.2. The van der Waals surface area contributed by atoms with Crippen LogP contribution in [0.2, 0.25) is 0 Å². The van der Waals surface area contributed by atoms with E-state index in [0.717, 1.165) is 30.0 Å². The summed E-state index contributed by atoms with van der Waals surface area (Å²) in [5, 5.41) is -3.98. The molecule has 1 atom stereocenters. The number of ether oxygens (including phenoxy) is 2. The lowest BCUT2D eigenvalue weighted by atomic mass is 9.49. The Labute approximate surface area is 263 Å². The highest BCUT2D eigenvalue weighted by Gasteiger charge is 2.65. The van der Waals surface area contributed by atoms with E-state index < -0.39 is 51.8 Å². The molecular formula is C30H32F8O6S2. The van der Waals surface area contributed by atoms with Crippen LogP contribution in [0.4, 0.5) is 35.1 Å². The number of hydrogen-bond acceptors (Lipinski definition) is 6. The molecular weight excluding hydrogens is 672 g/mol. The van der Waals surface area contributed by atoms with Crippen molar-refractivity contribution in [2.45, 2.75) is 80.0 Å². The van der Waals surface area contributed by atoms with Crippen LogP contribution < -0.4 is 4.74 Å². The first kappa shape index (κ1) is 35.0. The Balaban J connectivity index is 0.000000184. The monoisotopic (exact) mass is 704 g/mol. The maximum Gasteiger partial charge on any atom is 0.432 e. The lowest BCUT2D eigenvalue weighted by molar-refractivity contribution is -0.266. The molecule has 5 aliphatic rings. The molecule has 4 bridgehead atoms. The van der Waals surface area contributed by atoms with E-state index in [0.29, 0.717) is 5.75 Å². The minimum absolute atomic E-state index is 0.131. The fraction of sp³-hybridized carbons (Fsp3) is 0.633. The molecule has 0 spiro atoms. The van der Waals surface area contributed by atoms with Gasteiger partial charge in [-0.2, -0.15) is 35.1 Å². The molecule has 1 aliphatic heterocycles. The fourth-order valence-corrected chi connectivity index (χ4v) is 10.6. The quantitative estimate of drug-likeness (QED) is 0.129. The number of rotatable bonds is 7. The number of halogens is 8. The predicted octanol–water partition coefficient (Wildman–Crippen LogP) is 7.37. The van der Waals surface area contributed by atoms with Gasteiger partial charge in [0.05, 0.1) is 5.41 Å². The third-order valence-electron chi connectivity index (χ3n) is 9.21. The summed E-state index contributed by atoms with van der Waals surface area (Å²) >= 11 is 0. The molecule has 0 amide bonds. The van der Waals surface area contributed by atoms with Crippen LogP contribution in [0.1, 0.15) is 51.4 Å². The van der Waals surface area contributed by atoms with Crippen LogP contribution >= 0.6 is 0 Å². The molecule has 4 aliphatic carbocycles. The van der Waals surface area contributed by atoms with Crippen LogP contribution in [0.15, 0.2) is 41.3 Å². The summed E-state index contributed by atoms with van der Waals surface area (Å²) < 4.78 is 144. The molecule has 0 N–H and O–H groups in total. The molecule has 2 aromatic carbocycles. The lowest BCUT2D eigenvalue weighted by Gasteiger charge is -2.55. The first-order chi connectivity index (χ1) is 21.3. The second-order valence-corrected chi connectivity index (χ2v) is 16.4. The minimum atomic E-state index is -6.67. The van der Waals surface area contributed by atoms with Crippen molar-refractivity contribution in [3.05, 3.63) is 36.4 Å². The summed E-state index contributed by atoms with van der Waals surface area (Å²) in [5.41, 5.74) is -1.29. The molecule has 0 radical (unpaired) electrons. The molecule has 1 saturated heterocycles. The molecule has 6 nitrogen and oxygen atoms in total. The summed E-state index contributed by atoms with van der Waals surface area (Å²) in [5.74, 6) is 1.61. The van der Waals surface area contributed by atoms with Crippen LogP contribution in [0.5, 0.6) is 5.75 Å². The van der Waals surface area contributed by atoms with E-state index in [9.17, 15) is 52.9 Å². The Bertz CT molecular complexity index is 1500. The second-order valence-electron chi connectivity index (χ2n) is 12.7. The number of esters is 1. The Hall–Kier alpha value is -2.33. The third-order valence-corrected chi connectivity index (χ3v) is 12.6. The summed E-state index contributed by atoms with van der Waals surface area (Å²) in [7, 11) is -6.44. The highest BCUT2D eigenvalue weighted by Crippen LogP contribution is 2.60. The largest absolute Gasteiger partial charge is 0.743 e. The van der Waals surface area contributed by atoms with Gasteiger partial charge in [-0.3, -0.25) is 4.79 Å². The summed E-state index contributed by atoms with van der Waals surface area (Å²) in [6.45, 7) is -1.25. The smallest absolute Gasteiger partial charge is 0.432 e. The molecule has 2 aromatic rings. The van der Waals surface area contributed by atoms with Crippen molar-refractivity contribution in [1.82, 2.24) is 0 Å². The van der Waals surface area contributed by atoms with E-state index in [1.165, 1.54) is 29.2 Å². The highest BCUT2D eigenvalue weighted by atomic mass is 32.2. The standard InChI is InChI=1S/C16H16F3OS.C14H17F5O5S/c17-16(18,19)11-20-14-7-8-15(21-9-3-4-10-21)13-6-2-1-5-12(13)14;15-13(16,17)10(14(18,19)25(21,22)23)24-11(20)12-4-7-1-8(5-12)3-9(2-7)6-12/h1-2,5-8H,3-4,9-11H2;7-10H,1-6H2,(H,21,22,23)/q+1;/p-1. The van der Waals surface area contributed by atoms with Crippen molar-refractivity contribution >= 4 is 37.8 Å². The molecule has 4 saturated carbocycles. The molecule has 7 rings (SSSR count). The molecule has 1 unspecified atom stereocenters. The Morgan fingerprint density at radius 3 is 1.87 bits per heavy atom. The van der Waals surface area contributed by atoms with E-state index in [1.54, 1.807) is 6.07 Å². The van der Waals surface area contributed by atoms with Gasteiger partial charge >= 0.3 is 23.6 Å². The average Bonchev–Trinajstić information content (AvgIpc) is 3.47. The van der Waals surface area contributed by atoms with Crippen LogP contribution in [0.25, 0.3) is 10.8 Å². The van der Waals surface area contributed by atoms with Crippen LogP contribution in [-0.4, -0.2) is 60.8 Å². The second kappa shape index (κ2) is 12.6. The number of hydrogen-bond donors (Lipinski definition) is 0. The normalized spacial score (nSPS) is 27.3. The summed E-state index contributed by atoms with van der Waals surface area (Å²) in [4.78, 5) is 13.6. The molecule has 46 heavy (non-hydrogen) atoms. The maximum atomic E-state index is 13.5. The first-order valence-electron chi connectivity index (χ1n) is 14.8. The molecule has 0 aromatic heterocycles. The number of fused-ring (bicyclic) bond motifs is 1. The van der Waals surface area contributed by atoms with Gasteiger partial charge in [0.15, 0.2) is 21.6 Å². The zero-order chi connectivity index (χ0) is 33.7. The highest BCUT2D eigenvalue weighted by molar-refractivity contribution is 7.97. The van der Waals surface area contributed by atoms with Crippen LogP contribution in [0.3, 0.4) is 0 Å². The van der Waals surface area contributed by atoms with E-state index in [1.807, 2.05) is 30.3 Å². The van der Waals surface area contributed by atoms with Crippen molar-refractivity contribution in [2.75, 3.05) is 18.1 Å². The number of benzene rings is 2. The first-order valence-corrected chi connectivity index (χ1v) is 17.8. The van der Waals surface area contributed by atoms with Gasteiger partial charge in [-0.15, -0.1) is 0 Å². The average molecular weight is 705 g/mol. The third kappa shape index (κ3) is 7.38. The fourth-order valence-electron chi connectivity index (χ4n) is 7.71. The van der Waals surface area contributed by atoms with Gasteiger partial charge in [-0.05, 0) is 87.3 Å². The molecule has 16 heteroatoms.